The smallest absolute Gasteiger partial charge is 0.408 e. The number of nitrogens with one attached hydrogen (secondary N) is 2. The van der Waals surface area contributed by atoms with Gasteiger partial charge in [0.15, 0.2) is 9.47 Å². The zero-order valence-electron chi connectivity index (χ0n) is 23.6. The van der Waals surface area contributed by atoms with Crippen LogP contribution in [0.1, 0.15) is 45.5 Å². The zero-order chi connectivity index (χ0) is 31.5. The van der Waals surface area contributed by atoms with Crippen LogP contribution in [0.3, 0.4) is 0 Å². The van der Waals surface area contributed by atoms with E-state index in [9.17, 15) is 24.3 Å². The predicted molar refractivity (Wildman–Crippen MR) is 160 cm³/mol. The van der Waals surface area contributed by atoms with Crippen LogP contribution in [0, 0.1) is 0 Å². The first-order valence-corrected chi connectivity index (χ1v) is 16.3. The summed E-state index contributed by atoms with van der Waals surface area (Å²) in [5.41, 5.74) is 5.16. The molecule has 0 aliphatic carbocycles. The minimum absolute atomic E-state index is 0.0496. The summed E-state index contributed by atoms with van der Waals surface area (Å²) < 4.78 is 9.77. The van der Waals surface area contributed by atoms with Gasteiger partial charge in [0.05, 0.1) is 6.54 Å². The topological polar surface area (TPSA) is 224 Å². The second-order valence-electron chi connectivity index (χ2n) is 10.3. The standard InChI is InChI=1S/C23H29N9O7S4/c1-9(2)39-30-12(15-27-20(24)43-31-15)16(33)26-13-17(34)32-14(19(35)36)10(7-40-18(13)32)8-41-22-29-28-11(42-22)6-25-21(37)38-23(3,4)5/h9,13,18H,6-8H2,1-5H3,(H,25,37)(H,26,33)(H,35,36)(H2,24,27,31)/t13?,18-/m0/s1. The number of hydrogen-bond donors (Lipinski definition) is 4. The number of aromatic nitrogens is 4. The summed E-state index contributed by atoms with van der Waals surface area (Å²) >= 11 is 4.72. The number of thioether (sulfide) groups is 2. The van der Waals surface area contributed by atoms with Gasteiger partial charge in [-0.15, -0.1) is 22.0 Å². The van der Waals surface area contributed by atoms with Crippen LogP contribution in [-0.4, -0.2) is 93.8 Å². The lowest BCUT2D eigenvalue weighted by atomic mass is 10.0. The van der Waals surface area contributed by atoms with Crippen molar-refractivity contribution in [3.05, 3.63) is 22.1 Å². The minimum atomic E-state index is -1.26. The summed E-state index contributed by atoms with van der Waals surface area (Å²) in [6.07, 6.45) is -0.916. The Bertz CT molecular complexity index is 1470. The number of nitrogens with two attached hydrogens (primary N) is 1. The molecule has 0 saturated carbocycles. The number of β-lactam (4-membered cyclic amide) rings is 1. The molecule has 1 fully saturated rings. The Kier molecular flexibility index (Phi) is 10.1. The maximum atomic E-state index is 13.1. The molecule has 0 spiro atoms. The number of alkyl carbamates (subject to hydrolysis) is 1. The molecule has 2 aromatic rings. The van der Waals surface area contributed by atoms with Crippen molar-refractivity contribution in [2.45, 2.75) is 68.6 Å². The lowest BCUT2D eigenvalue weighted by Gasteiger charge is -2.49. The molecule has 5 N–H and O–H groups in total. The molecule has 16 nitrogen and oxygen atoms in total. The molecular weight excluding hydrogens is 643 g/mol. The van der Waals surface area contributed by atoms with Crippen molar-refractivity contribution in [3.63, 3.8) is 0 Å². The first-order chi connectivity index (χ1) is 20.2. The second-order valence-corrected chi connectivity index (χ2v) is 14.4. The molecule has 2 aromatic heterocycles. The van der Waals surface area contributed by atoms with Crippen LogP contribution in [0.4, 0.5) is 9.93 Å². The van der Waals surface area contributed by atoms with Gasteiger partial charge in [0, 0.05) is 23.0 Å². The summed E-state index contributed by atoms with van der Waals surface area (Å²) in [5.74, 6) is -2.08. The Balaban J connectivity index is 1.39. The fourth-order valence-electron chi connectivity index (χ4n) is 3.66. The molecule has 2 aliphatic rings. The fraction of sp³-hybridized carbons (Fsp3) is 0.522. The molecule has 1 unspecified atom stereocenters. The molecule has 2 aliphatic heterocycles. The molecular formula is C23H29N9O7S4. The maximum Gasteiger partial charge on any atom is 0.408 e. The van der Waals surface area contributed by atoms with E-state index in [-0.39, 0.29) is 40.8 Å². The highest BCUT2D eigenvalue weighted by molar-refractivity contribution is 8.01. The van der Waals surface area contributed by atoms with E-state index >= 15 is 0 Å². The van der Waals surface area contributed by atoms with Gasteiger partial charge < -0.3 is 31.0 Å². The number of fused-ring (bicyclic) bond motifs is 1. The van der Waals surface area contributed by atoms with Crippen LogP contribution in [0.5, 0.6) is 0 Å². The SMILES string of the molecule is CC(C)ON=C(C(=O)NC1C(=O)N2C(C(=O)O)=C(CSc3nnc(CNC(=O)OC(C)(C)C)s3)CS[C@@H]12)c1nsc(N)n1. The third-order valence-corrected chi connectivity index (χ3v) is 9.39. The van der Waals surface area contributed by atoms with Gasteiger partial charge in [-0.1, -0.05) is 28.3 Å². The predicted octanol–water partition coefficient (Wildman–Crippen LogP) is 1.66. The molecule has 4 heterocycles. The summed E-state index contributed by atoms with van der Waals surface area (Å²) in [7, 11) is 0. The van der Waals surface area contributed by atoms with E-state index in [2.05, 4.69) is 35.3 Å². The number of rotatable bonds is 11. The van der Waals surface area contributed by atoms with E-state index in [0.717, 1.165) is 11.5 Å². The number of amides is 3. The summed E-state index contributed by atoms with van der Waals surface area (Å²) in [4.78, 5) is 60.7. The van der Waals surface area contributed by atoms with E-state index in [1.54, 1.807) is 34.6 Å². The Morgan fingerprint density at radius 1 is 1.28 bits per heavy atom. The number of carbonyl (C=O) groups excluding carboxylic acids is 3. The lowest BCUT2D eigenvalue weighted by Crippen LogP contribution is -2.71. The number of nitrogens with zero attached hydrogens (tertiary/aromatic N) is 6. The van der Waals surface area contributed by atoms with Crippen molar-refractivity contribution in [2.24, 2.45) is 5.16 Å². The molecule has 0 bridgehead atoms. The highest BCUT2D eigenvalue weighted by Gasteiger charge is 2.54. The van der Waals surface area contributed by atoms with E-state index < -0.39 is 40.9 Å². The molecule has 20 heteroatoms. The lowest BCUT2D eigenvalue weighted by molar-refractivity contribution is -0.150. The average Bonchev–Trinajstić information content (AvgIpc) is 3.56. The maximum absolute atomic E-state index is 13.1. The average molecular weight is 672 g/mol. The number of hydrogen-bond acceptors (Lipinski definition) is 16. The van der Waals surface area contributed by atoms with Crippen LogP contribution in [-0.2, 0) is 30.5 Å². The molecule has 0 radical (unpaired) electrons. The molecule has 0 aromatic carbocycles. The first kappa shape index (κ1) is 32.4. The van der Waals surface area contributed by atoms with Crippen molar-refractivity contribution in [3.8, 4) is 0 Å². The van der Waals surface area contributed by atoms with Crippen LogP contribution in [0.25, 0.3) is 0 Å². The first-order valence-electron chi connectivity index (χ1n) is 12.7. The number of carboxylic acid groups (broad SMARTS) is 1. The van der Waals surface area contributed by atoms with Crippen molar-refractivity contribution in [1.82, 2.24) is 35.1 Å². The molecule has 232 valence electrons. The Morgan fingerprint density at radius 2 is 2.02 bits per heavy atom. The number of carboxylic acids is 1. The van der Waals surface area contributed by atoms with Crippen LogP contribution in [0.15, 0.2) is 20.8 Å². The van der Waals surface area contributed by atoms with E-state index in [4.69, 9.17) is 15.3 Å². The molecule has 3 amide bonds. The number of carbonyl (C=O) groups is 4. The molecule has 1 saturated heterocycles. The number of anilines is 1. The Hall–Kier alpha value is -3.49. The van der Waals surface area contributed by atoms with Crippen molar-refractivity contribution < 1.29 is 33.9 Å². The normalized spacial score (nSPS) is 18.7. The summed E-state index contributed by atoms with van der Waals surface area (Å²) in [5, 5.41) is 27.2. The Morgan fingerprint density at radius 3 is 2.65 bits per heavy atom. The summed E-state index contributed by atoms with van der Waals surface area (Å²) in [6.45, 7) is 8.85. The van der Waals surface area contributed by atoms with Crippen molar-refractivity contribution >= 4 is 81.1 Å². The van der Waals surface area contributed by atoms with Crippen molar-refractivity contribution in [2.75, 3.05) is 17.2 Å². The van der Waals surface area contributed by atoms with Crippen molar-refractivity contribution in [1.29, 1.82) is 0 Å². The second kappa shape index (κ2) is 13.4. The quantitative estimate of drug-likeness (QED) is 0.115. The van der Waals surface area contributed by atoms with Crippen LogP contribution >= 0.6 is 46.4 Å². The summed E-state index contributed by atoms with van der Waals surface area (Å²) in [6, 6.07) is -0.996. The van der Waals surface area contributed by atoms with Gasteiger partial charge in [0.25, 0.3) is 11.8 Å². The fourth-order valence-corrected chi connectivity index (χ4v) is 7.41. The number of oxime groups is 1. The number of nitrogen functional groups attached to an aromatic ring is 1. The van der Waals surface area contributed by atoms with Gasteiger partial charge >= 0.3 is 12.1 Å². The van der Waals surface area contributed by atoms with E-state index in [1.807, 2.05) is 0 Å². The highest BCUT2D eigenvalue weighted by atomic mass is 32.2. The molecule has 2 atom stereocenters. The van der Waals surface area contributed by atoms with Gasteiger partial charge in [0.2, 0.25) is 11.5 Å². The Labute approximate surface area is 262 Å². The third-order valence-electron chi connectivity index (χ3n) is 5.36. The van der Waals surface area contributed by atoms with Crippen LogP contribution < -0.4 is 16.4 Å². The zero-order valence-corrected chi connectivity index (χ0v) is 26.9. The van der Waals surface area contributed by atoms with Gasteiger partial charge in [-0.25, -0.2) is 9.59 Å². The van der Waals surface area contributed by atoms with Crippen LogP contribution in [0.2, 0.25) is 0 Å². The van der Waals surface area contributed by atoms with Gasteiger partial charge in [-0.05, 0) is 40.2 Å². The third kappa shape index (κ3) is 8.12. The van der Waals surface area contributed by atoms with E-state index in [0.29, 0.717) is 20.7 Å². The van der Waals surface area contributed by atoms with Gasteiger partial charge in [0.1, 0.15) is 33.8 Å². The monoisotopic (exact) mass is 671 g/mol. The van der Waals surface area contributed by atoms with Gasteiger partial charge in [-0.3, -0.25) is 14.5 Å². The minimum Gasteiger partial charge on any atom is -0.477 e. The number of aliphatic carboxylic acids is 1. The van der Waals surface area contributed by atoms with E-state index in [1.165, 1.54) is 39.8 Å². The molecule has 4 rings (SSSR count). The van der Waals surface area contributed by atoms with Gasteiger partial charge in [-0.2, -0.15) is 9.36 Å². The highest BCUT2D eigenvalue weighted by Crippen LogP contribution is 2.41. The molecule has 43 heavy (non-hydrogen) atoms. The largest absolute Gasteiger partial charge is 0.477 e. The number of ether oxygens (including phenoxy) is 1.